The molecule has 1 atom stereocenters. The van der Waals surface area contributed by atoms with E-state index in [1.54, 1.807) is 29.9 Å². The number of fused-ring (bicyclic) bond motifs is 1. The lowest BCUT2D eigenvalue weighted by Crippen LogP contribution is -2.35. The van der Waals surface area contributed by atoms with Crippen LogP contribution in [0, 0.1) is 11.8 Å². The molecule has 0 bridgehead atoms. The second kappa shape index (κ2) is 14.4. The average molecular weight is 567 g/mol. The van der Waals surface area contributed by atoms with E-state index in [1.165, 1.54) is 0 Å². The van der Waals surface area contributed by atoms with Crippen LogP contribution in [0.5, 0.6) is 0 Å². The SMILES string of the molecule is Cn1cc(C(=O)NCc2ccc(Cl)cc2)c(=O)c2cc(CN3CCOCC3)cc(C#CCNCCC(O)CO)c21. The van der Waals surface area contributed by atoms with Crippen LogP contribution in [0.3, 0.4) is 0 Å². The van der Waals surface area contributed by atoms with E-state index in [2.05, 4.69) is 27.4 Å². The van der Waals surface area contributed by atoms with Crippen LogP contribution < -0.4 is 16.1 Å². The number of benzene rings is 2. The molecular formula is C30H35ClN4O5. The van der Waals surface area contributed by atoms with E-state index >= 15 is 0 Å². The summed E-state index contributed by atoms with van der Waals surface area (Å²) in [5.41, 5.74) is 2.90. The summed E-state index contributed by atoms with van der Waals surface area (Å²) in [6.45, 7) is 4.46. The number of nitrogens with one attached hydrogen (secondary N) is 2. The van der Waals surface area contributed by atoms with Crippen LogP contribution >= 0.6 is 11.6 Å². The number of ether oxygens (including phenoxy) is 1. The second-order valence-electron chi connectivity index (χ2n) is 9.82. The smallest absolute Gasteiger partial charge is 0.257 e. The van der Waals surface area contributed by atoms with Crippen molar-refractivity contribution in [2.75, 3.05) is 46.0 Å². The topological polar surface area (TPSA) is 116 Å². The van der Waals surface area contributed by atoms with Gasteiger partial charge in [-0.05, 0) is 48.4 Å². The van der Waals surface area contributed by atoms with Crippen molar-refractivity contribution < 1.29 is 19.7 Å². The molecule has 2 aromatic carbocycles. The van der Waals surface area contributed by atoms with E-state index < -0.39 is 12.0 Å². The van der Waals surface area contributed by atoms with Crippen molar-refractivity contribution >= 4 is 28.4 Å². The molecule has 4 N–H and O–H groups in total. The van der Waals surface area contributed by atoms with Crippen LogP contribution in [0.25, 0.3) is 10.9 Å². The molecule has 1 aliphatic heterocycles. The Morgan fingerprint density at radius 1 is 1.18 bits per heavy atom. The first kappa shape index (κ1) is 29.7. The van der Waals surface area contributed by atoms with Gasteiger partial charge in [-0.3, -0.25) is 14.5 Å². The number of pyridine rings is 1. The molecule has 0 aliphatic carbocycles. The van der Waals surface area contributed by atoms with Gasteiger partial charge in [0, 0.05) is 55.4 Å². The van der Waals surface area contributed by atoms with Gasteiger partial charge in [-0.1, -0.05) is 35.6 Å². The fraction of sp³-hybridized carbons (Fsp3) is 0.400. The maximum Gasteiger partial charge on any atom is 0.257 e. The normalized spacial score (nSPS) is 14.5. The van der Waals surface area contributed by atoms with Gasteiger partial charge in [-0.15, -0.1) is 0 Å². The summed E-state index contributed by atoms with van der Waals surface area (Å²) in [7, 11) is 1.80. The van der Waals surface area contributed by atoms with E-state index in [-0.39, 0.29) is 24.1 Å². The number of aliphatic hydroxyl groups is 2. The number of aromatic nitrogens is 1. The molecule has 9 nitrogen and oxygen atoms in total. The van der Waals surface area contributed by atoms with Gasteiger partial charge in [-0.25, -0.2) is 0 Å². The summed E-state index contributed by atoms with van der Waals surface area (Å²) in [6, 6.07) is 11.0. The minimum absolute atomic E-state index is 0.0653. The van der Waals surface area contributed by atoms with Crippen molar-refractivity contribution in [3.63, 3.8) is 0 Å². The monoisotopic (exact) mass is 566 g/mol. The molecule has 1 fully saturated rings. The molecular weight excluding hydrogens is 532 g/mol. The Bertz CT molecular complexity index is 1440. The van der Waals surface area contributed by atoms with E-state index in [0.29, 0.717) is 60.8 Å². The number of aliphatic hydroxyl groups excluding tert-OH is 2. The highest BCUT2D eigenvalue weighted by Gasteiger charge is 2.18. The molecule has 1 unspecified atom stereocenters. The molecule has 4 rings (SSSR count). The van der Waals surface area contributed by atoms with Gasteiger partial charge in [0.1, 0.15) is 5.56 Å². The zero-order chi connectivity index (χ0) is 28.5. The third kappa shape index (κ3) is 7.92. The number of morpholine rings is 1. The number of hydrogen-bond acceptors (Lipinski definition) is 7. The first-order chi connectivity index (χ1) is 19.4. The lowest BCUT2D eigenvalue weighted by Gasteiger charge is -2.26. The fourth-order valence-corrected chi connectivity index (χ4v) is 4.73. The Kier molecular flexibility index (Phi) is 10.7. The van der Waals surface area contributed by atoms with Crippen LogP contribution in [0.4, 0.5) is 0 Å². The number of hydrogen-bond donors (Lipinski definition) is 4. The molecule has 0 spiro atoms. The lowest BCUT2D eigenvalue weighted by molar-refractivity contribution is 0.0342. The minimum atomic E-state index is -0.756. The van der Waals surface area contributed by atoms with Crippen LogP contribution in [0.1, 0.15) is 33.5 Å². The molecule has 3 aromatic rings. The number of nitrogens with zero attached hydrogens (tertiary/aromatic N) is 2. The summed E-state index contributed by atoms with van der Waals surface area (Å²) >= 11 is 5.95. The maximum atomic E-state index is 13.7. The highest BCUT2D eigenvalue weighted by Crippen LogP contribution is 2.21. The Balaban J connectivity index is 1.62. The molecule has 1 aliphatic rings. The number of carbonyl (C=O) groups is 1. The van der Waals surface area contributed by atoms with Gasteiger partial charge in [0.05, 0.1) is 38.0 Å². The van der Waals surface area contributed by atoms with E-state index in [0.717, 1.165) is 24.2 Å². The highest BCUT2D eigenvalue weighted by molar-refractivity contribution is 6.30. The number of halogens is 1. The first-order valence-corrected chi connectivity index (χ1v) is 13.7. The van der Waals surface area contributed by atoms with Crippen molar-refractivity contribution in [2.45, 2.75) is 25.6 Å². The van der Waals surface area contributed by atoms with Gasteiger partial charge in [0.25, 0.3) is 5.91 Å². The predicted octanol–water partition coefficient (Wildman–Crippen LogP) is 1.64. The molecule has 1 amide bonds. The zero-order valence-electron chi connectivity index (χ0n) is 22.6. The predicted molar refractivity (Wildman–Crippen MR) is 155 cm³/mol. The van der Waals surface area contributed by atoms with Crippen molar-refractivity contribution in [3.05, 3.63) is 80.1 Å². The van der Waals surface area contributed by atoms with Crippen molar-refractivity contribution in [2.24, 2.45) is 7.05 Å². The Morgan fingerprint density at radius 2 is 1.93 bits per heavy atom. The number of carbonyl (C=O) groups excluding carboxylic acids is 1. The molecule has 2 heterocycles. The third-order valence-corrected chi connectivity index (χ3v) is 7.01. The molecule has 1 saturated heterocycles. The van der Waals surface area contributed by atoms with Gasteiger partial charge in [0.2, 0.25) is 5.43 Å². The number of amides is 1. The summed E-state index contributed by atoms with van der Waals surface area (Å²) in [5, 5.41) is 25.5. The van der Waals surface area contributed by atoms with E-state index in [9.17, 15) is 14.7 Å². The molecule has 40 heavy (non-hydrogen) atoms. The van der Waals surface area contributed by atoms with Crippen molar-refractivity contribution in [1.82, 2.24) is 20.1 Å². The average Bonchev–Trinajstić information content (AvgIpc) is 2.96. The molecule has 212 valence electrons. The minimum Gasteiger partial charge on any atom is -0.394 e. The molecule has 1 aromatic heterocycles. The zero-order valence-corrected chi connectivity index (χ0v) is 23.3. The number of rotatable bonds is 10. The maximum absolute atomic E-state index is 13.7. The quantitative estimate of drug-likeness (QED) is 0.218. The fourth-order valence-electron chi connectivity index (χ4n) is 4.61. The summed E-state index contributed by atoms with van der Waals surface area (Å²) in [5.74, 6) is 5.85. The molecule has 10 heteroatoms. The Labute approximate surface area is 238 Å². The van der Waals surface area contributed by atoms with Crippen LogP contribution in [0.2, 0.25) is 5.02 Å². The highest BCUT2D eigenvalue weighted by atomic mass is 35.5. The van der Waals surface area contributed by atoms with Gasteiger partial charge >= 0.3 is 0 Å². The van der Waals surface area contributed by atoms with Crippen molar-refractivity contribution in [3.8, 4) is 11.8 Å². The summed E-state index contributed by atoms with van der Waals surface area (Å²) in [4.78, 5) is 29.0. The van der Waals surface area contributed by atoms with Crippen molar-refractivity contribution in [1.29, 1.82) is 0 Å². The summed E-state index contributed by atoms with van der Waals surface area (Å²) < 4.78 is 7.25. The van der Waals surface area contributed by atoms with E-state index in [4.69, 9.17) is 21.4 Å². The van der Waals surface area contributed by atoms with E-state index in [1.807, 2.05) is 24.3 Å². The van der Waals surface area contributed by atoms with Gasteiger partial charge < -0.3 is 30.2 Å². The Hall–Kier alpha value is -3.23. The largest absolute Gasteiger partial charge is 0.394 e. The van der Waals surface area contributed by atoms with Gasteiger partial charge in [-0.2, -0.15) is 0 Å². The first-order valence-electron chi connectivity index (χ1n) is 13.3. The summed E-state index contributed by atoms with van der Waals surface area (Å²) in [6.07, 6.45) is 1.23. The third-order valence-electron chi connectivity index (χ3n) is 6.76. The van der Waals surface area contributed by atoms with Crippen LogP contribution in [-0.4, -0.2) is 77.7 Å². The standard InChI is InChI=1S/C30H35ClN4O5/c1-34-19-27(30(39)33-17-21-4-6-24(31)7-5-21)29(38)26-16-22(18-35-11-13-40-14-12-35)15-23(28(26)34)3-2-9-32-10-8-25(37)20-36/h4-7,15-16,19,25,32,36-37H,8-14,17-18,20H2,1H3,(H,33,39). The molecule has 0 radical (unpaired) electrons. The molecule has 0 saturated carbocycles. The second-order valence-corrected chi connectivity index (χ2v) is 10.3. The van der Waals surface area contributed by atoms with Crippen LogP contribution in [-0.2, 0) is 24.9 Å². The number of aryl methyl sites for hydroxylation is 1. The lowest BCUT2D eigenvalue weighted by atomic mass is 10.0. The van der Waals surface area contributed by atoms with Crippen LogP contribution in [0.15, 0.2) is 47.4 Å². The Morgan fingerprint density at radius 3 is 2.65 bits per heavy atom. The van der Waals surface area contributed by atoms with Gasteiger partial charge in [0.15, 0.2) is 0 Å².